The fourth-order valence-electron chi connectivity index (χ4n) is 2.34. The molecule has 1 amide bonds. The minimum Gasteiger partial charge on any atom is -0.409 e. The molecule has 7 heteroatoms. The van der Waals surface area contributed by atoms with Gasteiger partial charge < -0.3 is 16.3 Å². The van der Waals surface area contributed by atoms with Crippen LogP contribution >= 0.6 is 0 Å². The van der Waals surface area contributed by atoms with Crippen molar-refractivity contribution in [1.82, 2.24) is 10.3 Å². The number of amides is 1. The summed E-state index contributed by atoms with van der Waals surface area (Å²) in [5, 5.41) is 14.5. The Hall–Kier alpha value is -2.18. The van der Waals surface area contributed by atoms with Gasteiger partial charge in [0, 0.05) is 6.20 Å². The summed E-state index contributed by atoms with van der Waals surface area (Å²) < 4.78 is 13.0. The molecule has 0 aromatic carbocycles. The van der Waals surface area contributed by atoms with Gasteiger partial charge in [-0.3, -0.25) is 9.78 Å². The van der Waals surface area contributed by atoms with E-state index in [1.165, 1.54) is 6.20 Å². The molecule has 0 aliphatic heterocycles. The molecule has 0 bridgehead atoms. The number of carbonyl (C=O) groups excluding carboxylic acids is 1. The first-order chi connectivity index (χ1) is 9.07. The van der Waals surface area contributed by atoms with E-state index in [1.807, 2.05) is 0 Å². The van der Waals surface area contributed by atoms with Crippen LogP contribution in [0.1, 0.15) is 36.0 Å². The Bertz CT molecular complexity index is 512. The van der Waals surface area contributed by atoms with E-state index in [2.05, 4.69) is 15.5 Å². The first-order valence-electron chi connectivity index (χ1n) is 5.98. The van der Waals surface area contributed by atoms with Crippen LogP contribution in [0.3, 0.4) is 0 Å². The Labute approximate surface area is 109 Å². The van der Waals surface area contributed by atoms with E-state index >= 15 is 0 Å². The SMILES string of the molecule is N/C(=N/O)C1(NC(=O)c2cncc(F)c2)CCCC1. The van der Waals surface area contributed by atoms with Crippen molar-refractivity contribution >= 4 is 11.7 Å². The molecule has 102 valence electrons. The Kier molecular flexibility index (Phi) is 3.64. The van der Waals surface area contributed by atoms with Gasteiger partial charge in [-0.1, -0.05) is 18.0 Å². The summed E-state index contributed by atoms with van der Waals surface area (Å²) in [4.78, 5) is 15.7. The van der Waals surface area contributed by atoms with Crippen molar-refractivity contribution in [2.45, 2.75) is 31.2 Å². The molecule has 19 heavy (non-hydrogen) atoms. The molecule has 1 aromatic rings. The molecular weight excluding hydrogens is 251 g/mol. The highest BCUT2D eigenvalue weighted by atomic mass is 19.1. The number of nitrogens with two attached hydrogens (primary N) is 1. The summed E-state index contributed by atoms with van der Waals surface area (Å²) in [5.41, 5.74) is 4.92. The smallest absolute Gasteiger partial charge is 0.253 e. The number of amidine groups is 1. The summed E-state index contributed by atoms with van der Waals surface area (Å²) in [6.07, 6.45) is 5.23. The van der Waals surface area contributed by atoms with Crippen molar-refractivity contribution in [3.8, 4) is 0 Å². The Morgan fingerprint density at radius 2 is 2.16 bits per heavy atom. The molecule has 1 aromatic heterocycles. The lowest BCUT2D eigenvalue weighted by molar-refractivity contribution is 0.0922. The van der Waals surface area contributed by atoms with Gasteiger partial charge in [-0.15, -0.1) is 0 Å². The highest BCUT2D eigenvalue weighted by molar-refractivity contribution is 6.00. The van der Waals surface area contributed by atoms with E-state index in [0.717, 1.165) is 25.1 Å². The predicted octanol–water partition coefficient (Wildman–Crippen LogP) is 1.01. The third-order valence-electron chi connectivity index (χ3n) is 3.38. The number of carbonyl (C=O) groups is 1. The van der Waals surface area contributed by atoms with Crippen LogP contribution in [-0.2, 0) is 0 Å². The number of nitrogens with one attached hydrogen (secondary N) is 1. The van der Waals surface area contributed by atoms with E-state index < -0.39 is 17.3 Å². The predicted molar refractivity (Wildman–Crippen MR) is 66.3 cm³/mol. The van der Waals surface area contributed by atoms with E-state index in [0.29, 0.717) is 12.8 Å². The zero-order chi connectivity index (χ0) is 13.9. The Morgan fingerprint density at radius 3 is 2.74 bits per heavy atom. The molecule has 1 heterocycles. The first kappa shape index (κ1) is 13.3. The maximum absolute atomic E-state index is 13.0. The van der Waals surface area contributed by atoms with Crippen LogP contribution < -0.4 is 11.1 Å². The van der Waals surface area contributed by atoms with Crippen molar-refractivity contribution in [2.24, 2.45) is 10.9 Å². The molecule has 0 saturated heterocycles. The zero-order valence-electron chi connectivity index (χ0n) is 10.3. The maximum Gasteiger partial charge on any atom is 0.253 e. The maximum atomic E-state index is 13.0. The number of oxime groups is 1. The normalized spacial score (nSPS) is 18.3. The van der Waals surface area contributed by atoms with Gasteiger partial charge in [-0.05, 0) is 18.9 Å². The lowest BCUT2D eigenvalue weighted by Crippen LogP contribution is -2.55. The van der Waals surface area contributed by atoms with Crippen LogP contribution in [0.15, 0.2) is 23.6 Å². The second-order valence-electron chi connectivity index (χ2n) is 4.62. The monoisotopic (exact) mass is 266 g/mol. The Balaban J connectivity index is 2.21. The molecule has 0 radical (unpaired) electrons. The van der Waals surface area contributed by atoms with E-state index in [4.69, 9.17) is 10.9 Å². The number of pyridine rings is 1. The highest BCUT2D eigenvalue weighted by Gasteiger charge is 2.40. The van der Waals surface area contributed by atoms with Crippen molar-refractivity contribution in [2.75, 3.05) is 0 Å². The van der Waals surface area contributed by atoms with E-state index in [-0.39, 0.29) is 11.4 Å². The van der Waals surface area contributed by atoms with E-state index in [1.54, 1.807) is 0 Å². The molecule has 6 nitrogen and oxygen atoms in total. The summed E-state index contributed by atoms with van der Waals surface area (Å²) in [7, 11) is 0. The highest BCUT2D eigenvalue weighted by Crippen LogP contribution is 2.30. The standard InChI is InChI=1S/C12H15FN4O2/c13-9-5-8(6-15-7-9)10(18)16-12(11(14)17-19)3-1-2-4-12/h5-7,19H,1-4H2,(H2,14,17)(H,16,18). The minimum absolute atomic E-state index is 0.0253. The quantitative estimate of drug-likeness (QED) is 0.329. The Morgan fingerprint density at radius 1 is 1.47 bits per heavy atom. The zero-order valence-corrected chi connectivity index (χ0v) is 10.3. The molecule has 1 aliphatic carbocycles. The second kappa shape index (κ2) is 5.21. The third kappa shape index (κ3) is 2.64. The molecular formula is C12H15FN4O2. The second-order valence-corrected chi connectivity index (χ2v) is 4.62. The lowest BCUT2D eigenvalue weighted by Gasteiger charge is -2.28. The van der Waals surface area contributed by atoms with Crippen LogP contribution in [0.4, 0.5) is 4.39 Å². The van der Waals surface area contributed by atoms with Gasteiger partial charge in [0.15, 0.2) is 5.84 Å². The number of hydrogen-bond donors (Lipinski definition) is 3. The van der Waals surface area contributed by atoms with Crippen LogP contribution in [0.25, 0.3) is 0 Å². The average molecular weight is 266 g/mol. The molecule has 0 atom stereocenters. The number of rotatable bonds is 3. The average Bonchev–Trinajstić information content (AvgIpc) is 2.87. The van der Waals surface area contributed by atoms with Crippen molar-refractivity contribution < 1.29 is 14.4 Å². The number of aromatic nitrogens is 1. The molecule has 1 aliphatic rings. The van der Waals surface area contributed by atoms with Crippen LogP contribution in [0.2, 0.25) is 0 Å². The van der Waals surface area contributed by atoms with E-state index in [9.17, 15) is 9.18 Å². The summed E-state index contributed by atoms with van der Waals surface area (Å²) >= 11 is 0. The first-order valence-corrected chi connectivity index (χ1v) is 5.98. The molecule has 0 unspecified atom stereocenters. The molecule has 2 rings (SSSR count). The van der Waals surface area contributed by atoms with Gasteiger partial charge in [0.25, 0.3) is 5.91 Å². The van der Waals surface area contributed by atoms with Crippen molar-refractivity contribution in [1.29, 1.82) is 0 Å². The van der Waals surface area contributed by atoms with Gasteiger partial charge in [0.05, 0.1) is 11.8 Å². The van der Waals surface area contributed by atoms with Gasteiger partial charge >= 0.3 is 0 Å². The lowest BCUT2D eigenvalue weighted by atomic mass is 9.95. The number of hydrogen-bond acceptors (Lipinski definition) is 4. The fourth-order valence-corrected chi connectivity index (χ4v) is 2.34. The van der Waals surface area contributed by atoms with Gasteiger partial charge in [0.1, 0.15) is 11.4 Å². The molecule has 1 fully saturated rings. The molecule has 4 N–H and O–H groups in total. The summed E-state index contributed by atoms with van der Waals surface area (Å²) in [5.74, 6) is -1.10. The minimum atomic E-state index is -0.849. The van der Waals surface area contributed by atoms with Crippen LogP contribution in [0.5, 0.6) is 0 Å². The number of nitrogens with zero attached hydrogens (tertiary/aromatic N) is 2. The number of halogens is 1. The fraction of sp³-hybridized carbons (Fsp3) is 0.417. The van der Waals surface area contributed by atoms with Crippen molar-refractivity contribution in [3.63, 3.8) is 0 Å². The van der Waals surface area contributed by atoms with Gasteiger partial charge in [0.2, 0.25) is 0 Å². The van der Waals surface area contributed by atoms with Gasteiger partial charge in [-0.25, -0.2) is 4.39 Å². The molecule has 1 saturated carbocycles. The topological polar surface area (TPSA) is 101 Å². The van der Waals surface area contributed by atoms with Crippen LogP contribution in [0, 0.1) is 5.82 Å². The summed E-state index contributed by atoms with van der Waals surface area (Å²) in [6.45, 7) is 0. The van der Waals surface area contributed by atoms with Gasteiger partial charge in [-0.2, -0.15) is 0 Å². The third-order valence-corrected chi connectivity index (χ3v) is 3.38. The largest absolute Gasteiger partial charge is 0.409 e. The van der Waals surface area contributed by atoms with Crippen molar-refractivity contribution in [3.05, 3.63) is 29.8 Å². The summed E-state index contributed by atoms with van der Waals surface area (Å²) in [6, 6.07) is 1.09. The molecule has 0 spiro atoms. The van der Waals surface area contributed by atoms with Crippen LogP contribution in [-0.4, -0.2) is 27.5 Å².